The molecule has 2 rings (SSSR count). The maximum Gasteiger partial charge on any atom is 0.140 e. The quantitative estimate of drug-likeness (QED) is 0.513. The van der Waals surface area contributed by atoms with Gasteiger partial charge in [0.25, 0.3) is 0 Å². The topological polar surface area (TPSA) is 49.4 Å². The largest absolute Gasteiger partial charge is 0.244 e. The van der Waals surface area contributed by atoms with E-state index in [0.29, 0.717) is 5.92 Å². The third-order valence-corrected chi connectivity index (χ3v) is 2.44. The molecule has 0 aromatic rings. The molecule has 0 aliphatic carbocycles. The van der Waals surface area contributed by atoms with E-state index in [4.69, 9.17) is 0 Å². The van der Waals surface area contributed by atoms with Crippen LogP contribution in [0.4, 0.5) is 0 Å². The Morgan fingerprint density at radius 3 is 3.00 bits per heavy atom. The van der Waals surface area contributed by atoms with Crippen LogP contribution >= 0.6 is 0 Å². The first-order valence-electron chi connectivity index (χ1n) is 3.91. The van der Waals surface area contributed by atoms with Crippen LogP contribution in [0.25, 0.3) is 0 Å². The second-order valence-electron chi connectivity index (χ2n) is 3.31. The van der Waals surface area contributed by atoms with Crippen LogP contribution in [-0.4, -0.2) is 24.6 Å². The van der Waals surface area contributed by atoms with Crippen molar-refractivity contribution in [3.8, 4) is 0 Å². The van der Waals surface area contributed by atoms with E-state index in [1.807, 2.05) is 12.4 Å². The van der Waals surface area contributed by atoms with Gasteiger partial charge in [0.05, 0.1) is 0 Å². The van der Waals surface area contributed by atoms with Crippen LogP contribution in [0.2, 0.25) is 0 Å². The van der Waals surface area contributed by atoms with E-state index in [0.717, 1.165) is 5.84 Å². The van der Waals surface area contributed by atoms with Gasteiger partial charge in [0.2, 0.25) is 0 Å². The molecule has 0 fully saturated rings. The molecular weight excluding hydrogens is 152 g/mol. The van der Waals surface area contributed by atoms with E-state index in [-0.39, 0.29) is 5.41 Å². The van der Waals surface area contributed by atoms with Gasteiger partial charge >= 0.3 is 0 Å². The maximum absolute atomic E-state index is 4.21. The van der Waals surface area contributed by atoms with Crippen molar-refractivity contribution in [2.45, 2.75) is 13.8 Å². The van der Waals surface area contributed by atoms with Gasteiger partial charge in [-0.1, -0.05) is 6.92 Å². The molecule has 2 aliphatic rings. The molecule has 0 aromatic heterocycles. The molecule has 2 unspecified atom stereocenters. The Kier molecular flexibility index (Phi) is 1.43. The second-order valence-corrected chi connectivity index (χ2v) is 3.31. The molecule has 0 radical (unpaired) electrons. The average Bonchev–Trinajstić information content (AvgIpc) is 2.36. The highest BCUT2D eigenvalue weighted by atomic mass is 15.2. The van der Waals surface area contributed by atoms with Gasteiger partial charge in [-0.2, -0.15) is 5.10 Å². The highest BCUT2D eigenvalue weighted by molar-refractivity contribution is 6.09. The molecule has 62 valence electrons. The summed E-state index contributed by atoms with van der Waals surface area (Å²) >= 11 is 0. The molecule has 4 heteroatoms. The minimum absolute atomic E-state index is 0.101. The predicted octanol–water partition coefficient (Wildman–Crippen LogP) is 1.14. The van der Waals surface area contributed by atoms with Gasteiger partial charge in [0, 0.05) is 23.8 Å². The van der Waals surface area contributed by atoms with Gasteiger partial charge in [0.1, 0.15) is 12.2 Å². The van der Waals surface area contributed by atoms with E-state index in [2.05, 4.69) is 34.0 Å². The van der Waals surface area contributed by atoms with Gasteiger partial charge in [-0.25, -0.2) is 9.98 Å². The fourth-order valence-electron chi connectivity index (χ4n) is 1.27. The maximum atomic E-state index is 4.21. The zero-order valence-electron chi connectivity index (χ0n) is 7.10. The molecule has 4 nitrogen and oxygen atoms in total. The van der Waals surface area contributed by atoms with E-state index < -0.39 is 0 Å². The van der Waals surface area contributed by atoms with Gasteiger partial charge < -0.3 is 0 Å². The zero-order chi connectivity index (χ0) is 8.60. The Bertz CT molecular complexity index is 313. The summed E-state index contributed by atoms with van der Waals surface area (Å²) in [7, 11) is 0. The van der Waals surface area contributed by atoms with Crippen molar-refractivity contribution in [1.29, 1.82) is 0 Å². The van der Waals surface area contributed by atoms with Crippen LogP contribution in [0.15, 0.2) is 20.2 Å². The van der Waals surface area contributed by atoms with Crippen LogP contribution < -0.4 is 0 Å². The molecule has 0 aromatic carbocycles. The Morgan fingerprint density at radius 2 is 2.17 bits per heavy atom. The van der Waals surface area contributed by atoms with Crippen molar-refractivity contribution in [3.05, 3.63) is 0 Å². The van der Waals surface area contributed by atoms with E-state index in [1.54, 1.807) is 0 Å². The molecule has 0 saturated carbocycles. The molecule has 2 bridgehead atoms. The van der Waals surface area contributed by atoms with Crippen molar-refractivity contribution in [1.82, 2.24) is 0 Å². The fourth-order valence-corrected chi connectivity index (χ4v) is 1.27. The van der Waals surface area contributed by atoms with Gasteiger partial charge in [-0.15, -0.1) is 5.10 Å². The predicted molar refractivity (Wildman–Crippen MR) is 50.2 cm³/mol. The second kappa shape index (κ2) is 2.33. The van der Waals surface area contributed by atoms with Crippen molar-refractivity contribution in [3.63, 3.8) is 0 Å². The van der Waals surface area contributed by atoms with Gasteiger partial charge in [-0.05, 0) is 6.92 Å². The number of aliphatic imine (C=N–C) groups is 2. The number of amidine groups is 1. The molecule has 2 aliphatic heterocycles. The molecule has 0 N–H and O–H groups in total. The summed E-state index contributed by atoms with van der Waals surface area (Å²) in [5.74, 6) is 1.14. The van der Waals surface area contributed by atoms with Crippen LogP contribution in [-0.2, 0) is 0 Å². The molecule has 0 saturated heterocycles. The van der Waals surface area contributed by atoms with Crippen molar-refractivity contribution in [2.24, 2.45) is 31.5 Å². The minimum Gasteiger partial charge on any atom is -0.244 e. The standard InChI is InChI=1S/C8H10N4/c1-6-7-9-3-8(6,2)4-11-12-5-10-7/h3-6H,1-2H3/b10-7?,11-4?,12-5-. The summed E-state index contributed by atoms with van der Waals surface area (Å²) in [6.07, 6.45) is 5.14. The normalized spacial score (nSPS) is 40.5. The van der Waals surface area contributed by atoms with Crippen LogP contribution in [0.3, 0.4) is 0 Å². The molecule has 2 heterocycles. The Morgan fingerprint density at radius 1 is 1.33 bits per heavy atom. The van der Waals surface area contributed by atoms with Crippen LogP contribution in [0.5, 0.6) is 0 Å². The number of fused-ring (bicyclic) bond motifs is 2. The highest BCUT2D eigenvalue weighted by Gasteiger charge is 2.36. The first-order chi connectivity index (χ1) is 5.72. The fraction of sp³-hybridized carbons (Fsp3) is 0.500. The first kappa shape index (κ1) is 7.34. The smallest absolute Gasteiger partial charge is 0.140 e. The summed E-state index contributed by atoms with van der Waals surface area (Å²) in [5, 5.41) is 7.61. The van der Waals surface area contributed by atoms with Crippen LogP contribution in [0, 0.1) is 11.3 Å². The van der Waals surface area contributed by atoms with Crippen molar-refractivity contribution >= 4 is 24.6 Å². The molecule has 12 heavy (non-hydrogen) atoms. The van der Waals surface area contributed by atoms with E-state index in [9.17, 15) is 0 Å². The molecule has 0 amide bonds. The van der Waals surface area contributed by atoms with Crippen LogP contribution in [0.1, 0.15) is 13.8 Å². The summed E-state index contributed by atoms with van der Waals surface area (Å²) in [6.45, 7) is 4.17. The summed E-state index contributed by atoms with van der Waals surface area (Å²) in [4.78, 5) is 8.30. The van der Waals surface area contributed by atoms with Crippen molar-refractivity contribution in [2.75, 3.05) is 0 Å². The SMILES string of the molecule is CC1C2=N/C=N\N=CC1(C)C=N2. The summed E-state index contributed by atoms with van der Waals surface area (Å²) in [6, 6.07) is 0. The minimum atomic E-state index is -0.101. The number of hydrogen-bond acceptors (Lipinski definition) is 4. The van der Waals surface area contributed by atoms with Gasteiger partial charge in [-0.3, -0.25) is 0 Å². The first-order valence-corrected chi connectivity index (χ1v) is 3.91. The lowest BCUT2D eigenvalue weighted by Gasteiger charge is -2.20. The number of nitrogens with zero attached hydrogens (tertiary/aromatic N) is 4. The number of rotatable bonds is 0. The molecule has 2 atom stereocenters. The third-order valence-electron chi connectivity index (χ3n) is 2.44. The molecule has 0 spiro atoms. The van der Waals surface area contributed by atoms with E-state index >= 15 is 0 Å². The lowest BCUT2D eigenvalue weighted by atomic mass is 9.82. The van der Waals surface area contributed by atoms with Gasteiger partial charge in [0.15, 0.2) is 0 Å². The Hall–Kier alpha value is -1.32. The number of hydrogen-bond donors (Lipinski definition) is 0. The summed E-state index contributed by atoms with van der Waals surface area (Å²) in [5.41, 5.74) is -0.101. The Labute approximate surface area is 70.8 Å². The van der Waals surface area contributed by atoms with Crippen molar-refractivity contribution < 1.29 is 0 Å². The lowest BCUT2D eigenvalue weighted by molar-refractivity contribution is 0.556. The Balaban J connectivity index is 2.51. The molecular formula is C8H10N4. The summed E-state index contributed by atoms with van der Waals surface area (Å²) < 4.78 is 0. The average molecular weight is 162 g/mol. The lowest BCUT2D eigenvalue weighted by Crippen LogP contribution is -2.28. The van der Waals surface area contributed by atoms with E-state index in [1.165, 1.54) is 6.34 Å². The monoisotopic (exact) mass is 162 g/mol. The zero-order valence-corrected chi connectivity index (χ0v) is 7.10. The highest BCUT2D eigenvalue weighted by Crippen LogP contribution is 2.30. The third kappa shape index (κ3) is 0.913.